The van der Waals surface area contributed by atoms with Crippen molar-refractivity contribution in [3.8, 4) is 0 Å². The normalized spacial score (nSPS) is 14.5. The summed E-state index contributed by atoms with van der Waals surface area (Å²) in [4.78, 5) is 23.7. The molecular weight excluding hydrogens is 528 g/mol. The van der Waals surface area contributed by atoms with Gasteiger partial charge in [0.25, 0.3) is 0 Å². The predicted molar refractivity (Wildman–Crippen MR) is 174 cm³/mol. The van der Waals surface area contributed by atoms with Crippen LogP contribution in [-0.2, 0) is 19.1 Å². The van der Waals surface area contributed by atoms with Gasteiger partial charge in [-0.2, -0.15) is 0 Å². The quantitative estimate of drug-likeness (QED) is 0.0433. The van der Waals surface area contributed by atoms with E-state index in [2.05, 4.69) is 44.2 Å². The van der Waals surface area contributed by atoms with Crippen LogP contribution in [-0.4, -0.2) is 47.6 Å². The Hall–Kier alpha value is -2.44. The minimum Gasteiger partial charge on any atom is -0.463 e. The number of ether oxygens (including phenoxy) is 2. The Morgan fingerprint density at radius 3 is 1.93 bits per heavy atom. The third-order valence-corrected chi connectivity index (χ3v) is 6.88. The molecule has 0 radical (unpaired) electrons. The lowest BCUT2D eigenvalue weighted by Crippen LogP contribution is -2.25. The number of unbranched alkanes of at least 4 members (excludes halogenated alkanes) is 6. The van der Waals surface area contributed by atoms with Gasteiger partial charge in [0.1, 0.15) is 19.3 Å². The molecule has 42 heavy (non-hydrogen) atoms. The number of hydrogen-bond donors (Lipinski definition) is 2. The number of allylic oxidation sites excluding steroid dienone is 8. The van der Waals surface area contributed by atoms with Crippen molar-refractivity contribution in [2.24, 2.45) is 5.92 Å². The molecule has 0 saturated carbocycles. The number of aliphatic hydroxyl groups is 2. The first-order valence-electron chi connectivity index (χ1n) is 16.3. The van der Waals surface area contributed by atoms with Gasteiger partial charge in [0.15, 0.2) is 0 Å². The average molecular weight is 589 g/mol. The number of carbonyl (C=O) groups excluding carboxylic acids is 2. The van der Waals surface area contributed by atoms with Crippen LogP contribution < -0.4 is 0 Å². The van der Waals surface area contributed by atoms with E-state index in [1.54, 1.807) is 0 Å². The lowest BCUT2D eigenvalue weighted by Gasteiger charge is -2.12. The summed E-state index contributed by atoms with van der Waals surface area (Å²) in [5.41, 5.74) is 0. The summed E-state index contributed by atoms with van der Waals surface area (Å²) in [6.45, 7) is 6.28. The van der Waals surface area contributed by atoms with Gasteiger partial charge in [-0.1, -0.05) is 126 Å². The molecule has 0 aliphatic rings. The molecule has 0 aromatic carbocycles. The minimum absolute atomic E-state index is 0.147. The smallest absolute Gasteiger partial charge is 0.305 e. The van der Waals surface area contributed by atoms with E-state index in [1.165, 1.54) is 32.1 Å². The maximum absolute atomic E-state index is 11.9. The molecular formula is C36H60O6. The van der Waals surface area contributed by atoms with Crippen molar-refractivity contribution >= 4 is 11.9 Å². The molecule has 0 aliphatic carbocycles. The largest absolute Gasteiger partial charge is 0.463 e. The van der Waals surface area contributed by atoms with Gasteiger partial charge in [0.05, 0.1) is 6.10 Å². The third-order valence-electron chi connectivity index (χ3n) is 6.88. The summed E-state index contributed by atoms with van der Waals surface area (Å²) < 4.78 is 10.2. The molecule has 0 rings (SSSR count). The van der Waals surface area contributed by atoms with Crippen LogP contribution in [0, 0.1) is 5.92 Å². The highest BCUT2D eigenvalue weighted by Crippen LogP contribution is 2.14. The van der Waals surface area contributed by atoms with E-state index < -0.39 is 12.2 Å². The lowest BCUT2D eigenvalue weighted by molar-refractivity contribution is -0.152. The highest BCUT2D eigenvalue weighted by molar-refractivity contribution is 5.69. The fourth-order valence-electron chi connectivity index (χ4n) is 4.00. The van der Waals surface area contributed by atoms with E-state index in [-0.39, 0.29) is 31.6 Å². The zero-order valence-corrected chi connectivity index (χ0v) is 26.8. The summed E-state index contributed by atoms with van der Waals surface area (Å²) in [6, 6.07) is 0. The zero-order chi connectivity index (χ0) is 31.1. The van der Waals surface area contributed by atoms with Gasteiger partial charge in [-0.15, -0.1) is 0 Å². The molecule has 0 amide bonds. The van der Waals surface area contributed by atoms with Crippen LogP contribution in [0.15, 0.2) is 60.8 Å². The molecule has 2 N–H and O–H groups in total. The Bertz CT molecular complexity index is 795. The van der Waals surface area contributed by atoms with E-state index in [9.17, 15) is 19.8 Å². The second-order valence-corrected chi connectivity index (χ2v) is 11.0. The molecule has 0 heterocycles. The summed E-state index contributed by atoms with van der Waals surface area (Å²) >= 11 is 0. The van der Waals surface area contributed by atoms with Crippen LogP contribution in [0.3, 0.4) is 0 Å². The summed E-state index contributed by atoms with van der Waals surface area (Å²) in [6.07, 6.45) is 33.3. The molecule has 0 fully saturated rings. The van der Waals surface area contributed by atoms with Crippen molar-refractivity contribution in [3.05, 3.63) is 60.8 Å². The van der Waals surface area contributed by atoms with Crippen molar-refractivity contribution in [2.45, 2.75) is 136 Å². The molecule has 0 saturated heterocycles. The standard InChI is InChI=1S/C36H60O6/c1-4-6-26-33(37)27-22-18-13-11-9-7-8-10-12-14-19-23-28-35(39)41-30-34(38)31-42-36(40)29-24-20-16-15-17-21-25-32(3)5-2/h6-8,11-14,18,22,26,32-34,37-38H,4-5,9-10,15-17,19-21,23-25,27-31H2,1-3H3/b8-7-,13-11-,14-12-,22-18+,26-6-/t32?,33?,34-/m0/s1. The van der Waals surface area contributed by atoms with E-state index in [1.807, 2.05) is 37.3 Å². The van der Waals surface area contributed by atoms with Crippen molar-refractivity contribution in [3.63, 3.8) is 0 Å². The van der Waals surface area contributed by atoms with Crippen LogP contribution in [0.2, 0.25) is 0 Å². The molecule has 2 unspecified atom stereocenters. The van der Waals surface area contributed by atoms with E-state index in [0.29, 0.717) is 19.3 Å². The summed E-state index contributed by atoms with van der Waals surface area (Å²) in [5.74, 6) is 0.153. The Morgan fingerprint density at radius 1 is 0.690 bits per heavy atom. The monoisotopic (exact) mass is 588 g/mol. The minimum atomic E-state index is -0.998. The van der Waals surface area contributed by atoms with E-state index in [0.717, 1.165) is 50.9 Å². The van der Waals surface area contributed by atoms with Gasteiger partial charge in [-0.05, 0) is 50.9 Å². The van der Waals surface area contributed by atoms with Gasteiger partial charge < -0.3 is 19.7 Å². The second kappa shape index (κ2) is 30.0. The van der Waals surface area contributed by atoms with Gasteiger partial charge in [-0.3, -0.25) is 9.59 Å². The maximum Gasteiger partial charge on any atom is 0.305 e. The molecule has 0 aromatic rings. The number of hydrogen-bond acceptors (Lipinski definition) is 6. The molecule has 0 bridgehead atoms. The Kier molecular flexibility index (Phi) is 28.3. The number of carbonyl (C=O) groups is 2. The van der Waals surface area contributed by atoms with Gasteiger partial charge in [-0.25, -0.2) is 0 Å². The fraction of sp³-hybridized carbons (Fsp3) is 0.667. The fourth-order valence-corrected chi connectivity index (χ4v) is 4.00. The lowest BCUT2D eigenvalue weighted by atomic mass is 10.00. The van der Waals surface area contributed by atoms with Crippen LogP contribution in [0.5, 0.6) is 0 Å². The molecule has 6 nitrogen and oxygen atoms in total. The Balaban J connectivity index is 3.67. The molecule has 0 aliphatic heterocycles. The first kappa shape index (κ1) is 39.6. The van der Waals surface area contributed by atoms with Crippen molar-refractivity contribution in [2.75, 3.05) is 13.2 Å². The van der Waals surface area contributed by atoms with Gasteiger partial charge in [0, 0.05) is 12.8 Å². The van der Waals surface area contributed by atoms with Crippen molar-refractivity contribution < 1.29 is 29.3 Å². The van der Waals surface area contributed by atoms with Crippen molar-refractivity contribution in [1.82, 2.24) is 0 Å². The first-order valence-corrected chi connectivity index (χ1v) is 16.3. The maximum atomic E-state index is 11.9. The molecule has 0 spiro atoms. The topological polar surface area (TPSA) is 93.1 Å². The first-order chi connectivity index (χ1) is 20.4. The average Bonchev–Trinajstić information content (AvgIpc) is 2.99. The van der Waals surface area contributed by atoms with E-state index in [4.69, 9.17) is 9.47 Å². The Morgan fingerprint density at radius 2 is 1.26 bits per heavy atom. The summed E-state index contributed by atoms with van der Waals surface area (Å²) in [5, 5.41) is 19.6. The zero-order valence-electron chi connectivity index (χ0n) is 26.8. The number of rotatable bonds is 27. The molecule has 6 heteroatoms. The van der Waals surface area contributed by atoms with E-state index >= 15 is 0 Å². The number of aliphatic hydroxyl groups excluding tert-OH is 2. The second-order valence-electron chi connectivity index (χ2n) is 11.0. The third kappa shape index (κ3) is 29.1. The predicted octanol–water partition coefficient (Wildman–Crippen LogP) is 8.49. The van der Waals surface area contributed by atoms with Crippen molar-refractivity contribution in [1.29, 1.82) is 0 Å². The Labute approximate surface area is 256 Å². The van der Waals surface area contributed by atoms with Gasteiger partial charge >= 0.3 is 11.9 Å². The van der Waals surface area contributed by atoms with Crippen LogP contribution >= 0.6 is 0 Å². The molecule has 0 aromatic heterocycles. The molecule has 3 atom stereocenters. The number of esters is 2. The summed E-state index contributed by atoms with van der Waals surface area (Å²) in [7, 11) is 0. The highest BCUT2D eigenvalue weighted by Gasteiger charge is 2.12. The van der Waals surface area contributed by atoms with Gasteiger partial charge in [0.2, 0.25) is 0 Å². The van der Waals surface area contributed by atoms with Crippen LogP contribution in [0.1, 0.15) is 124 Å². The molecule has 240 valence electrons. The SMILES string of the molecule is CC/C=C\C(O)C/C=C/C=C\C/C=C\C/C=C\CCCC(=O)OC[C@H](O)COC(=O)CCCCCCCCC(C)CC. The van der Waals surface area contributed by atoms with Crippen LogP contribution in [0.4, 0.5) is 0 Å². The highest BCUT2D eigenvalue weighted by atomic mass is 16.6. The van der Waals surface area contributed by atoms with Crippen LogP contribution in [0.25, 0.3) is 0 Å².